The highest BCUT2D eigenvalue weighted by atomic mass is 35.5. The monoisotopic (exact) mass is 647 g/mol. The fourth-order valence-corrected chi connectivity index (χ4v) is 7.40. The number of aliphatic hydroxyl groups excluding tert-OH is 1. The van der Waals surface area contributed by atoms with Crippen LogP contribution in [-0.4, -0.2) is 76.7 Å². The van der Waals surface area contributed by atoms with Gasteiger partial charge in [0.05, 0.1) is 30.7 Å². The molecular weight excluding hydrogens is 610 g/mol. The number of allylic oxidation sites excluding steroid dienone is 1. The zero-order chi connectivity index (χ0) is 32.6. The lowest BCUT2D eigenvalue weighted by molar-refractivity contribution is -0.161. The third kappa shape index (κ3) is 5.52. The molecule has 4 aliphatic rings. The number of amides is 3. The van der Waals surface area contributed by atoms with Crippen molar-refractivity contribution in [3.05, 3.63) is 89.5 Å². The predicted octanol–water partition coefficient (Wildman–Crippen LogP) is 3.73. The number of carbonyl (C=O) groups is 4. The number of rotatable bonds is 5. The Morgan fingerprint density at radius 3 is 2.48 bits per heavy atom. The van der Waals surface area contributed by atoms with E-state index >= 15 is 0 Å². The SMILES string of the molecule is CC[C@@H](CO)N1C(=O)[C@@H]2[C@H]3C(=O)O[C@@H](c4ccccc4)[C@H](C)NC(=O)CC/C=C\CN(c4ccc(Cl)cc4)C(=O)[C@@H]1[C@]21C=C[C@H]3O1. The number of nitrogens with zero attached hydrogens (tertiary/aromatic N) is 2. The molecule has 1 spiro atoms. The summed E-state index contributed by atoms with van der Waals surface area (Å²) in [7, 11) is 0. The van der Waals surface area contributed by atoms with Crippen molar-refractivity contribution in [3.63, 3.8) is 0 Å². The summed E-state index contributed by atoms with van der Waals surface area (Å²) in [5, 5.41) is 13.9. The van der Waals surface area contributed by atoms with Crippen molar-refractivity contribution in [1.29, 1.82) is 0 Å². The number of halogens is 1. The maximum absolute atomic E-state index is 14.8. The molecule has 6 rings (SSSR count). The predicted molar refractivity (Wildman–Crippen MR) is 171 cm³/mol. The molecule has 2 N–H and O–H groups in total. The van der Waals surface area contributed by atoms with Crippen molar-refractivity contribution in [2.24, 2.45) is 11.8 Å². The van der Waals surface area contributed by atoms with Gasteiger partial charge in [-0.2, -0.15) is 0 Å². The lowest BCUT2D eigenvalue weighted by Gasteiger charge is -2.38. The van der Waals surface area contributed by atoms with Crippen molar-refractivity contribution < 1.29 is 33.8 Å². The molecular formula is C35H38ClN3O7. The summed E-state index contributed by atoms with van der Waals surface area (Å²) < 4.78 is 12.7. The van der Waals surface area contributed by atoms with E-state index in [2.05, 4.69) is 5.32 Å². The first-order valence-corrected chi connectivity index (χ1v) is 16.1. The van der Waals surface area contributed by atoms with E-state index in [1.807, 2.05) is 49.4 Å². The van der Waals surface area contributed by atoms with Crippen molar-refractivity contribution in [3.8, 4) is 0 Å². The number of carbonyl (C=O) groups excluding carboxylic acids is 4. The van der Waals surface area contributed by atoms with Gasteiger partial charge in [-0.1, -0.05) is 73.2 Å². The summed E-state index contributed by atoms with van der Waals surface area (Å²) in [4.78, 5) is 59.3. The minimum atomic E-state index is -1.45. The molecule has 2 aromatic rings. The molecule has 242 valence electrons. The van der Waals surface area contributed by atoms with E-state index < -0.39 is 65.6 Å². The third-order valence-corrected chi connectivity index (χ3v) is 9.76. The first kappa shape index (κ1) is 32.0. The topological polar surface area (TPSA) is 125 Å². The summed E-state index contributed by atoms with van der Waals surface area (Å²) >= 11 is 6.17. The lowest BCUT2D eigenvalue weighted by Crippen LogP contribution is -2.58. The number of ether oxygens (including phenoxy) is 2. The van der Waals surface area contributed by atoms with Gasteiger partial charge >= 0.3 is 5.97 Å². The average Bonchev–Trinajstić information content (AvgIpc) is 3.70. The fraction of sp³-hybridized carbons (Fsp3) is 0.429. The number of cyclic esters (lactones) is 1. The van der Waals surface area contributed by atoms with E-state index in [-0.39, 0.29) is 25.5 Å². The Morgan fingerprint density at radius 2 is 1.78 bits per heavy atom. The third-order valence-electron chi connectivity index (χ3n) is 9.50. The van der Waals surface area contributed by atoms with E-state index in [1.165, 1.54) is 4.90 Å². The van der Waals surface area contributed by atoms with Gasteiger partial charge in [-0.15, -0.1) is 0 Å². The molecule has 3 amide bonds. The van der Waals surface area contributed by atoms with Crippen molar-refractivity contribution >= 4 is 41.0 Å². The molecule has 11 heteroatoms. The van der Waals surface area contributed by atoms with Gasteiger partial charge in [0.25, 0.3) is 5.91 Å². The molecule has 8 atom stereocenters. The number of hydrogen-bond acceptors (Lipinski definition) is 7. The zero-order valence-electron chi connectivity index (χ0n) is 25.8. The van der Waals surface area contributed by atoms with Crippen LogP contribution in [0.2, 0.25) is 5.02 Å². The second-order valence-corrected chi connectivity index (χ2v) is 12.7. The Kier molecular flexibility index (Phi) is 9.05. The van der Waals surface area contributed by atoms with E-state index in [0.29, 0.717) is 29.1 Å². The van der Waals surface area contributed by atoms with Crippen LogP contribution in [-0.2, 0) is 28.7 Å². The Morgan fingerprint density at radius 1 is 1.04 bits per heavy atom. The van der Waals surface area contributed by atoms with Crippen LogP contribution in [0.5, 0.6) is 0 Å². The van der Waals surface area contributed by atoms with Crippen LogP contribution in [0.25, 0.3) is 0 Å². The molecule has 4 aliphatic heterocycles. The van der Waals surface area contributed by atoms with E-state index in [1.54, 1.807) is 48.2 Å². The van der Waals surface area contributed by atoms with Crippen LogP contribution >= 0.6 is 11.6 Å². The average molecular weight is 648 g/mol. The highest BCUT2D eigenvalue weighted by molar-refractivity contribution is 6.30. The van der Waals surface area contributed by atoms with Crippen molar-refractivity contribution in [1.82, 2.24) is 10.2 Å². The Labute approximate surface area is 273 Å². The number of likely N-dealkylation sites (tertiary alicyclic amines) is 1. The Hall–Kier alpha value is -3.99. The minimum Gasteiger partial charge on any atom is -0.455 e. The zero-order valence-corrected chi connectivity index (χ0v) is 26.5. The lowest BCUT2D eigenvalue weighted by atomic mass is 9.74. The Balaban J connectivity index is 1.46. The Bertz CT molecular complexity index is 1540. The van der Waals surface area contributed by atoms with Crippen LogP contribution in [0, 0.1) is 11.8 Å². The van der Waals surface area contributed by atoms with Gasteiger partial charge in [0.15, 0.2) is 0 Å². The van der Waals surface area contributed by atoms with Gasteiger partial charge in [0.2, 0.25) is 11.8 Å². The highest BCUT2D eigenvalue weighted by Crippen LogP contribution is 2.56. The van der Waals surface area contributed by atoms with Crippen LogP contribution in [0.3, 0.4) is 0 Å². The quantitative estimate of drug-likeness (QED) is 0.374. The maximum atomic E-state index is 14.8. The van der Waals surface area contributed by atoms with Gasteiger partial charge < -0.3 is 29.7 Å². The number of nitrogens with one attached hydrogen (secondary N) is 1. The number of hydrogen-bond donors (Lipinski definition) is 2. The highest BCUT2D eigenvalue weighted by Gasteiger charge is 2.74. The number of aliphatic hydroxyl groups is 1. The number of fused-ring (bicyclic) bond motifs is 2. The van der Waals surface area contributed by atoms with Gasteiger partial charge in [0, 0.05) is 23.7 Å². The van der Waals surface area contributed by atoms with Crippen LogP contribution in [0.15, 0.2) is 78.9 Å². The number of anilines is 1. The van der Waals surface area contributed by atoms with Crippen molar-refractivity contribution in [2.45, 2.75) is 69.0 Å². The van der Waals surface area contributed by atoms with Gasteiger partial charge in [-0.25, -0.2) is 0 Å². The number of benzene rings is 2. The summed E-state index contributed by atoms with van der Waals surface area (Å²) in [6.45, 7) is 3.38. The molecule has 2 saturated heterocycles. The fourth-order valence-electron chi connectivity index (χ4n) is 7.27. The molecule has 10 nitrogen and oxygen atoms in total. The summed E-state index contributed by atoms with van der Waals surface area (Å²) in [6, 6.07) is 13.5. The van der Waals surface area contributed by atoms with E-state index in [4.69, 9.17) is 21.1 Å². The molecule has 2 fully saturated rings. The second-order valence-electron chi connectivity index (χ2n) is 12.3. The van der Waals surface area contributed by atoms with Crippen LogP contribution < -0.4 is 10.2 Å². The summed E-state index contributed by atoms with van der Waals surface area (Å²) in [6.07, 6.45) is 6.46. The molecule has 0 radical (unpaired) electrons. The van der Waals surface area contributed by atoms with E-state index in [9.17, 15) is 24.3 Å². The maximum Gasteiger partial charge on any atom is 0.313 e. The minimum absolute atomic E-state index is 0.141. The van der Waals surface area contributed by atoms with E-state index in [0.717, 1.165) is 0 Å². The first-order chi connectivity index (χ1) is 22.2. The number of esters is 1. The normalized spacial score (nSPS) is 32.7. The van der Waals surface area contributed by atoms with Gasteiger partial charge in [0.1, 0.15) is 23.7 Å². The molecule has 2 aromatic carbocycles. The molecule has 0 unspecified atom stereocenters. The second kappa shape index (κ2) is 13.0. The molecule has 0 saturated carbocycles. The largest absolute Gasteiger partial charge is 0.455 e. The molecule has 4 heterocycles. The summed E-state index contributed by atoms with van der Waals surface area (Å²) in [5.74, 6) is -3.83. The summed E-state index contributed by atoms with van der Waals surface area (Å²) in [5.41, 5.74) is -0.214. The molecule has 46 heavy (non-hydrogen) atoms. The molecule has 5 bridgehead atoms. The standard InChI is InChI=1S/C35H38ClN3O7/c1-3-24(20-40)39-31-33(43)38(25-15-13-23(36)14-16-25)19-9-5-8-12-27(41)37-21(2)30(22-10-6-4-7-11-22)45-34(44)28-26-17-18-35(31,46-26)29(28)32(39)42/h4-7,9-11,13-18,21,24,26,28-31,40H,3,8,12,19-20H2,1-2H3,(H,37,41)/b9-5-/t21-,24-,26+,28-,29-,30+,31+,35-/m0/s1. The molecule has 0 aromatic heterocycles. The van der Waals surface area contributed by atoms with Crippen LogP contribution in [0.1, 0.15) is 44.8 Å². The molecule has 0 aliphatic carbocycles. The first-order valence-electron chi connectivity index (χ1n) is 15.8. The van der Waals surface area contributed by atoms with Crippen molar-refractivity contribution in [2.75, 3.05) is 18.1 Å². The van der Waals surface area contributed by atoms with Crippen LogP contribution in [0.4, 0.5) is 5.69 Å². The van der Waals surface area contributed by atoms with Gasteiger partial charge in [-0.3, -0.25) is 19.2 Å². The van der Waals surface area contributed by atoms with Gasteiger partial charge in [-0.05, 0) is 49.6 Å². The smallest absolute Gasteiger partial charge is 0.313 e.